The van der Waals surface area contributed by atoms with Crippen LogP contribution in [0.1, 0.15) is 49.3 Å². The number of carbonyl (C=O) groups excluding carboxylic acids is 1. The number of benzene rings is 1. The molecule has 0 unspecified atom stereocenters. The molecule has 1 N–H and O–H groups in total. The van der Waals surface area contributed by atoms with Crippen LogP contribution < -0.4 is 5.32 Å². The van der Waals surface area contributed by atoms with Gasteiger partial charge in [-0.2, -0.15) is 0 Å². The average Bonchev–Trinajstić information content (AvgIpc) is 2.52. The number of ether oxygens (including phenoxy) is 1. The van der Waals surface area contributed by atoms with Gasteiger partial charge in [-0.3, -0.25) is 9.69 Å². The van der Waals surface area contributed by atoms with E-state index in [1.54, 1.807) is 0 Å². The van der Waals surface area contributed by atoms with Gasteiger partial charge in [0.1, 0.15) is 0 Å². The summed E-state index contributed by atoms with van der Waals surface area (Å²) < 4.78 is 6.04. The van der Waals surface area contributed by atoms with E-state index in [1.807, 2.05) is 25.8 Å². The topological polar surface area (TPSA) is 41.6 Å². The van der Waals surface area contributed by atoms with Crippen LogP contribution in [0.3, 0.4) is 0 Å². The molecule has 4 heteroatoms. The summed E-state index contributed by atoms with van der Waals surface area (Å²) in [5, 5.41) is 3.06. The van der Waals surface area contributed by atoms with Crippen LogP contribution in [0, 0.1) is 26.7 Å². The molecular weight excluding hydrogens is 312 g/mol. The Balaban J connectivity index is 1.75. The Kier molecular flexibility index (Phi) is 7.45. The summed E-state index contributed by atoms with van der Waals surface area (Å²) in [6.45, 7) is 10.3. The lowest BCUT2D eigenvalue weighted by Gasteiger charge is -2.29. The second-order valence-electron chi connectivity index (χ2n) is 7.73. The van der Waals surface area contributed by atoms with E-state index in [1.165, 1.54) is 31.2 Å². The first kappa shape index (κ1) is 19.9. The monoisotopic (exact) mass is 346 g/mol. The van der Waals surface area contributed by atoms with Gasteiger partial charge in [-0.1, -0.05) is 37.5 Å². The summed E-state index contributed by atoms with van der Waals surface area (Å²) in [5.41, 5.74) is 4.39. The van der Waals surface area contributed by atoms with Crippen molar-refractivity contribution in [3.05, 3.63) is 28.8 Å². The number of anilines is 1. The highest BCUT2D eigenvalue weighted by Gasteiger charge is 2.21. The third-order valence-corrected chi connectivity index (χ3v) is 5.19. The number of carbonyl (C=O) groups is 1. The third-order valence-electron chi connectivity index (χ3n) is 5.19. The van der Waals surface area contributed by atoms with Crippen molar-refractivity contribution in [2.45, 2.75) is 59.5 Å². The fraction of sp³-hybridized carbons (Fsp3) is 0.667. The second kappa shape index (κ2) is 9.35. The van der Waals surface area contributed by atoms with Gasteiger partial charge in [0.05, 0.1) is 19.3 Å². The summed E-state index contributed by atoms with van der Waals surface area (Å²) in [6, 6.07) is 4.21. The molecule has 140 valence electrons. The largest absolute Gasteiger partial charge is 0.377 e. The molecule has 1 aliphatic carbocycles. The van der Waals surface area contributed by atoms with Crippen molar-refractivity contribution in [2.24, 2.45) is 5.92 Å². The van der Waals surface area contributed by atoms with Crippen molar-refractivity contribution in [1.29, 1.82) is 0 Å². The van der Waals surface area contributed by atoms with Crippen LogP contribution >= 0.6 is 0 Å². The average molecular weight is 347 g/mol. The predicted molar refractivity (Wildman–Crippen MR) is 104 cm³/mol. The van der Waals surface area contributed by atoms with Crippen LogP contribution in [0.2, 0.25) is 0 Å². The number of nitrogens with one attached hydrogen (secondary N) is 1. The van der Waals surface area contributed by atoms with Crippen molar-refractivity contribution < 1.29 is 9.53 Å². The second-order valence-corrected chi connectivity index (χ2v) is 7.73. The maximum absolute atomic E-state index is 12.3. The zero-order valence-electron chi connectivity index (χ0n) is 16.5. The lowest BCUT2D eigenvalue weighted by molar-refractivity contribution is -0.117. The molecule has 1 amide bonds. The van der Waals surface area contributed by atoms with E-state index in [0.29, 0.717) is 25.2 Å². The molecule has 1 fully saturated rings. The van der Waals surface area contributed by atoms with E-state index in [-0.39, 0.29) is 5.91 Å². The van der Waals surface area contributed by atoms with Gasteiger partial charge in [0.15, 0.2) is 0 Å². The highest BCUT2D eigenvalue weighted by atomic mass is 16.5. The smallest absolute Gasteiger partial charge is 0.238 e. The zero-order valence-corrected chi connectivity index (χ0v) is 16.5. The Bertz CT molecular complexity index is 562. The summed E-state index contributed by atoms with van der Waals surface area (Å²) in [7, 11) is 1.97. The SMILES string of the molecule is Cc1cc(C)c(NC(=O)CN(C)CCO[C@H]2CCCC[C@@H]2C)c(C)c1. The first-order valence-corrected chi connectivity index (χ1v) is 9.54. The summed E-state index contributed by atoms with van der Waals surface area (Å²) in [5.74, 6) is 0.693. The molecule has 0 heterocycles. The molecule has 25 heavy (non-hydrogen) atoms. The number of amides is 1. The van der Waals surface area contributed by atoms with Crippen molar-refractivity contribution in [2.75, 3.05) is 32.1 Å². The van der Waals surface area contributed by atoms with Crippen molar-refractivity contribution in [3.8, 4) is 0 Å². The predicted octanol–water partition coefficient (Wildman–Crippen LogP) is 4.08. The molecule has 1 aromatic rings. The molecule has 0 bridgehead atoms. The summed E-state index contributed by atoms with van der Waals surface area (Å²) >= 11 is 0. The molecule has 0 aliphatic heterocycles. The molecular formula is C21H34N2O2. The molecule has 0 aromatic heterocycles. The van der Waals surface area contributed by atoms with Gasteiger partial charge in [0, 0.05) is 12.2 Å². The molecule has 4 nitrogen and oxygen atoms in total. The van der Waals surface area contributed by atoms with Gasteiger partial charge >= 0.3 is 0 Å². The minimum atomic E-state index is 0.0311. The van der Waals surface area contributed by atoms with E-state index < -0.39 is 0 Å². The van der Waals surface area contributed by atoms with Crippen molar-refractivity contribution in [3.63, 3.8) is 0 Å². The number of likely N-dealkylation sites (N-methyl/N-ethyl adjacent to an activating group) is 1. The Labute approximate surface area is 152 Å². The van der Waals surface area contributed by atoms with Gasteiger partial charge in [-0.05, 0) is 57.7 Å². The van der Waals surface area contributed by atoms with Crippen LogP contribution in [0.15, 0.2) is 12.1 Å². The van der Waals surface area contributed by atoms with E-state index in [2.05, 4.69) is 31.3 Å². The minimum absolute atomic E-state index is 0.0311. The van der Waals surface area contributed by atoms with Crippen LogP contribution in [-0.2, 0) is 9.53 Å². The highest BCUT2D eigenvalue weighted by molar-refractivity contribution is 5.93. The third kappa shape index (κ3) is 6.12. The zero-order chi connectivity index (χ0) is 18.4. The number of hydrogen-bond acceptors (Lipinski definition) is 3. The highest BCUT2D eigenvalue weighted by Crippen LogP contribution is 2.26. The maximum Gasteiger partial charge on any atom is 0.238 e. The molecule has 2 atom stereocenters. The van der Waals surface area contributed by atoms with E-state index in [0.717, 1.165) is 23.4 Å². The van der Waals surface area contributed by atoms with Crippen LogP contribution in [0.4, 0.5) is 5.69 Å². The van der Waals surface area contributed by atoms with E-state index in [9.17, 15) is 4.79 Å². The number of rotatable bonds is 7. The molecule has 1 saturated carbocycles. The minimum Gasteiger partial charge on any atom is -0.377 e. The Morgan fingerprint density at radius 2 is 1.84 bits per heavy atom. The van der Waals surface area contributed by atoms with Crippen molar-refractivity contribution in [1.82, 2.24) is 4.90 Å². The summed E-state index contributed by atoms with van der Waals surface area (Å²) in [4.78, 5) is 14.4. The number of hydrogen-bond donors (Lipinski definition) is 1. The Morgan fingerprint density at radius 3 is 2.48 bits per heavy atom. The van der Waals surface area contributed by atoms with Crippen LogP contribution in [0.5, 0.6) is 0 Å². The normalized spacial score (nSPS) is 20.7. The maximum atomic E-state index is 12.3. The Morgan fingerprint density at radius 1 is 1.20 bits per heavy atom. The van der Waals surface area contributed by atoms with E-state index in [4.69, 9.17) is 4.74 Å². The molecule has 0 saturated heterocycles. The van der Waals surface area contributed by atoms with E-state index >= 15 is 0 Å². The van der Waals surface area contributed by atoms with Gasteiger partial charge in [0.2, 0.25) is 5.91 Å². The fourth-order valence-corrected chi connectivity index (χ4v) is 3.77. The summed E-state index contributed by atoms with van der Waals surface area (Å²) in [6.07, 6.45) is 5.46. The lowest BCUT2D eigenvalue weighted by Crippen LogP contribution is -2.34. The Hall–Kier alpha value is -1.39. The number of nitrogens with zero attached hydrogens (tertiary/aromatic N) is 1. The van der Waals surface area contributed by atoms with Crippen LogP contribution in [0.25, 0.3) is 0 Å². The van der Waals surface area contributed by atoms with Gasteiger partial charge in [-0.15, -0.1) is 0 Å². The number of aryl methyl sites for hydroxylation is 3. The standard InChI is InChI=1S/C21H34N2O2/c1-15-12-17(3)21(18(4)13-15)22-20(24)14-23(5)10-11-25-19-9-7-6-8-16(19)2/h12-13,16,19H,6-11,14H2,1-5H3,(H,22,24)/t16-,19-/m0/s1. The fourth-order valence-electron chi connectivity index (χ4n) is 3.77. The molecule has 0 radical (unpaired) electrons. The molecule has 2 rings (SSSR count). The van der Waals surface area contributed by atoms with Gasteiger partial charge < -0.3 is 10.1 Å². The molecule has 1 aromatic carbocycles. The quantitative estimate of drug-likeness (QED) is 0.809. The first-order valence-electron chi connectivity index (χ1n) is 9.54. The van der Waals surface area contributed by atoms with Crippen molar-refractivity contribution >= 4 is 11.6 Å². The van der Waals surface area contributed by atoms with Gasteiger partial charge in [-0.25, -0.2) is 0 Å². The lowest BCUT2D eigenvalue weighted by atomic mass is 9.88. The molecule has 0 spiro atoms. The van der Waals surface area contributed by atoms with Crippen LogP contribution in [-0.4, -0.2) is 43.7 Å². The molecule has 1 aliphatic rings. The van der Waals surface area contributed by atoms with Gasteiger partial charge in [0.25, 0.3) is 0 Å². The first-order chi connectivity index (χ1) is 11.9.